The first-order chi connectivity index (χ1) is 10.8. The molecule has 110 valence electrons. The number of tetrazole rings is 2. The number of aromatic amines is 2. The first-order valence-corrected chi connectivity index (χ1v) is 6.43. The second-order valence-electron chi connectivity index (χ2n) is 4.60. The van der Waals surface area contributed by atoms with Gasteiger partial charge in [-0.25, -0.2) is 4.98 Å². The predicted molar refractivity (Wildman–Crippen MR) is 71.2 cm³/mol. The second kappa shape index (κ2) is 4.96. The van der Waals surface area contributed by atoms with Gasteiger partial charge in [0.25, 0.3) is 0 Å². The summed E-state index contributed by atoms with van der Waals surface area (Å²) in [6, 6.07) is 3.74. The summed E-state index contributed by atoms with van der Waals surface area (Å²) in [5.41, 5.74) is 2.25. The largest absolute Gasteiger partial charge is 0.385 e. The van der Waals surface area contributed by atoms with Gasteiger partial charge in [-0.05, 0) is 16.8 Å². The standard InChI is InChI=1S/C11H10N10O/c22-8(10-15-19-20-16-10)4-6-2-1-3-21-7(5-12-11(6)21)9-13-17-18-14-9/h1-3,5,8,22H,4H2,(H,13,14,17,18)(H,15,16,19,20). The molecule has 22 heavy (non-hydrogen) atoms. The molecule has 3 N–H and O–H groups in total. The van der Waals surface area contributed by atoms with Crippen molar-refractivity contribution < 1.29 is 5.11 Å². The van der Waals surface area contributed by atoms with Crippen molar-refractivity contribution in [2.45, 2.75) is 12.5 Å². The number of nitrogens with zero attached hydrogens (tertiary/aromatic N) is 8. The molecule has 4 rings (SSSR count). The Kier molecular flexibility index (Phi) is 2.83. The lowest BCUT2D eigenvalue weighted by molar-refractivity contribution is 0.168. The van der Waals surface area contributed by atoms with Crippen molar-refractivity contribution in [3.63, 3.8) is 0 Å². The van der Waals surface area contributed by atoms with Crippen LogP contribution in [-0.4, -0.2) is 55.7 Å². The molecular weight excluding hydrogens is 288 g/mol. The third kappa shape index (κ3) is 2.00. The van der Waals surface area contributed by atoms with Gasteiger partial charge < -0.3 is 5.11 Å². The van der Waals surface area contributed by atoms with Crippen LogP contribution in [0.3, 0.4) is 0 Å². The molecule has 0 bridgehead atoms. The van der Waals surface area contributed by atoms with Gasteiger partial charge in [0.15, 0.2) is 0 Å². The molecule has 0 radical (unpaired) electrons. The summed E-state index contributed by atoms with van der Waals surface area (Å²) in [5, 5.41) is 37.3. The molecule has 11 nitrogen and oxygen atoms in total. The van der Waals surface area contributed by atoms with Gasteiger partial charge in [-0.15, -0.1) is 20.4 Å². The highest BCUT2D eigenvalue weighted by Crippen LogP contribution is 2.22. The Morgan fingerprint density at radius 3 is 2.82 bits per heavy atom. The van der Waals surface area contributed by atoms with Crippen LogP contribution in [0.15, 0.2) is 24.5 Å². The number of fused-ring (bicyclic) bond motifs is 1. The van der Waals surface area contributed by atoms with E-state index in [0.717, 1.165) is 5.56 Å². The Morgan fingerprint density at radius 1 is 1.18 bits per heavy atom. The Morgan fingerprint density at radius 2 is 2.05 bits per heavy atom. The number of hydrogen-bond donors (Lipinski definition) is 3. The fraction of sp³-hybridized carbons (Fsp3) is 0.182. The average Bonchev–Trinajstić information content (AvgIpc) is 3.27. The number of rotatable bonds is 4. The maximum absolute atomic E-state index is 10.2. The molecule has 0 aliphatic heterocycles. The molecule has 0 spiro atoms. The van der Waals surface area contributed by atoms with Crippen molar-refractivity contribution >= 4 is 5.65 Å². The second-order valence-corrected chi connectivity index (χ2v) is 4.60. The molecule has 4 aromatic heterocycles. The first-order valence-electron chi connectivity index (χ1n) is 6.43. The molecule has 0 fully saturated rings. The molecule has 1 unspecified atom stereocenters. The summed E-state index contributed by atoms with van der Waals surface area (Å²) in [6.45, 7) is 0. The van der Waals surface area contributed by atoms with Crippen LogP contribution in [0.25, 0.3) is 17.2 Å². The van der Waals surface area contributed by atoms with E-state index in [0.29, 0.717) is 23.6 Å². The Bertz CT molecular complexity index is 881. The maximum Gasteiger partial charge on any atom is 0.222 e. The van der Waals surface area contributed by atoms with Crippen LogP contribution in [0.4, 0.5) is 0 Å². The van der Waals surface area contributed by atoms with Crippen LogP contribution < -0.4 is 0 Å². The molecule has 0 amide bonds. The zero-order valence-corrected chi connectivity index (χ0v) is 11.1. The molecule has 4 heterocycles. The molecule has 4 aromatic rings. The van der Waals surface area contributed by atoms with E-state index in [4.69, 9.17) is 0 Å². The van der Waals surface area contributed by atoms with Crippen molar-refractivity contribution in [1.82, 2.24) is 50.6 Å². The summed E-state index contributed by atoms with van der Waals surface area (Å²) < 4.78 is 1.84. The molecule has 0 aromatic carbocycles. The number of imidazole rings is 1. The van der Waals surface area contributed by atoms with Gasteiger partial charge in [0, 0.05) is 12.6 Å². The quantitative estimate of drug-likeness (QED) is 0.448. The van der Waals surface area contributed by atoms with Crippen molar-refractivity contribution in [2.75, 3.05) is 0 Å². The van der Waals surface area contributed by atoms with Gasteiger partial charge in [0.05, 0.1) is 6.20 Å². The zero-order chi connectivity index (χ0) is 14.9. The number of aliphatic hydroxyl groups excluding tert-OH is 1. The van der Waals surface area contributed by atoms with E-state index < -0.39 is 6.10 Å². The van der Waals surface area contributed by atoms with Crippen LogP contribution in [0.5, 0.6) is 0 Å². The summed E-state index contributed by atoms with van der Waals surface area (Å²) in [4.78, 5) is 4.37. The highest BCUT2D eigenvalue weighted by molar-refractivity contribution is 5.59. The van der Waals surface area contributed by atoms with Crippen LogP contribution in [0, 0.1) is 0 Å². The minimum absolute atomic E-state index is 0.243. The van der Waals surface area contributed by atoms with Gasteiger partial charge in [-0.1, -0.05) is 11.3 Å². The van der Waals surface area contributed by atoms with Crippen LogP contribution in [0.2, 0.25) is 0 Å². The normalized spacial score (nSPS) is 12.8. The predicted octanol–water partition coefficient (Wildman–Crippen LogP) is -0.696. The number of H-pyrrole nitrogens is 2. The van der Waals surface area contributed by atoms with E-state index in [-0.39, 0.29) is 5.82 Å². The molecule has 0 saturated carbocycles. The number of nitrogens with one attached hydrogen (secondary N) is 2. The summed E-state index contributed by atoms with van der Waals surface area (Å²) in [6.07, 6.45) is 2.95. The Hall–Kier alpha value is -3.21. The fourth-order valence-electron chi connectivity index (χ4n) is 2.27. The van der Waals surface area contributed by atoms with Gasteiger partial charge in [0.2, 0.25) is 11.6 Å². The highest BCUT2D eigenvalue weighted by atomic mass is 16.3. The number of aromatic nitrogens is 10. The number of aliphatic hydroxyl groups is 1. The van der Waals surface area contributed by atoms with Crippen molar-refractivity contribution in [2.24, 2.45) is 0 Å². The SMILES string of the molecule is OC(Cc1cccn2c(-c3nn[nH]n3)cnc12)c1nn[nH]n1. The van der Waals surface area contributed by atoms with Crippen molar-refractivity contribution in [3.05, 3.63) is 35.9 Å². The lowest BCUT2D eigenvalue weighted by Gasteiger charge is -2.07. The topological polar surface area (TPSA) is 146 Å². The third-order valence-electron chi connectivity index (χ3n) is 3.26. The van der Waals surface area contributed by atoms with Gasteiger partial charge in [0.1, 0.15) is 17.4 Å². The number of pyridine rings is 1. The van der Waals surface area contributed by atoms with Crippen molar-refractivity contribution in [1.29, 1.82) is 0 Å². The number of hydrogen-bond acceptors (Lipinski definition) is 8. The Labute approximate surface area is 122 Å². The van der Waals surface area contributed by atoms with E-state index in [9.17, 15) is 5.11 Å². The summed E-state index contributed by atoms with van der Waals surface area (Å²) in [5.74, 6) is 0.690. The Balaban J connectivity index is 1.73. The van der Waals surface area contributed by atoms with Gasteiger partial charge in [-0.3, -0.25) is 4.40 Å². The van der Waals surface area contributed by atoms with E-state index in [1.165, 1.54) is 0 Å². The van der Waals surface area contributed by atoms with Crippen LogP contribution in [-0.2, 0) is 6.42 Å². The first kappa shape index (κ1) is 12.5. The van der Waals surface area contributed by atoms with E-state index in [2.05, 4.69) is 46.2 Å². The monoisotopic (exact) mass is 298 g/mol. The molecule has 0 aliphatic rings. The molecular formula is C11H10N10O. The van der Waals surface area contributed by atoms with Crippen molar-refractivity contribution in [3.8, 4) is 11.5 Å². The fourth-order valence-corrected chi connectivity index (χ4v) is 2.27. The summed E-state index contributed by atoms with van der Waals surface area (Å²) in [7, 11) is 0. The van der Waals surface area contributed by atoms with Crippen LogP contribution in [0.1, 0.15) is 17.5 Å². The minimum Gasteiger partial charge on any atom is -0.385 e. The third-order valence-corrected chi connectivity index (χ3v) is 3.26. The lowest BCUT2D eigenvalue weighted by Crippen LogP contribution is -2.05. The van der Waals surface area contributed by atoms with E-state index in [1.807, 2.05) is 22.7 Å². The molecule has 1 atom stereocenters. The van der Waals surface area contributed by atoms with Crippen LogP contribution >= 0.6 is 0 Å². The molecule has 0 aliphatic carbocycles. The molecule has 0 saturated heterocycles. The van der Waals surface area contributed by atoms with Gasteiger partial charge in [-0.2, -0.15) is 10.4 Å². The zero-order valence-electron chi connectivity index (χ0n) is 11.1. The highest BCUT2D eigenvalue weighted by Gasteiger charge is 2.17. The maximum atomic E-state index is 10.2. The molecule has 11 heteroatoms. The van der Waals surface area contributed by atoms with E-state index in [1.54, 1.807) is 6.20 Å². The minimum atomic E-state index is -0.865. The summed E-state index contributed by atoms with van der Waals surface area (Å²) >= 11 is 0. The smallest absolute Gasteiger partial charge is 0.222 e. The average molecular weight is 298 g/mol. The van der Waals surface area contributed by atoms with E-state index >= 15 is 0 Å². The lowest BCUT2D eigenvalue weighted by atomic mass is 10.1. The van der Waals surface area contributed by atoms with Gasteiger partial charge >= 0.3 is 0 Å².